The van der Waals surface area contributed by atoms with Crippen molar-refractivity contribution in [2.45, 2.75) is 44.7 Å². The van der Waals surface area contributed by atoms with Crippen LogP contribution in [0.15, 0.2) is 34.9 Å². The Bertz CT molecular complexity index is 714. The zero-order valence-electron chi connectivity index (χ0n) is 14.5. The van der Waals surface area contributed by atoms with Crippen molar-refractivity contribution in [1.82, 2.24) is 20.8 Å². The molecule has 1 aromatic heterocycles. The van der Waals surface area contributed by atoms with Crippen LogP contribution in [0, 0.1) is 5.92 Å². The number of hydrogen-bond donors (Lipinski definition) is 3. The lowest BCUT2D eigenvalue weighted by Crippen LogP contribution is -2.54. The molecule has 1 fully saturated rings. The number of aliphatic hydroxyl groups excluding tert-OH is 1. The minimum atomic E-state index is -0.586. The van der Waals surface area contributed by atoms with E-state index in [2.05, 4.69) is 20.8 Å². The van der Waals surface area contributed by atoms with Crippen LogP contribution in [0.25, 0.3) is 0 Å². The van der Waals surface area contributed by atoms with Gasteiger partial charge in [0.25, 0.3) is 0 Å². The topological polar surface area (TPSA) is 100 Å². The molecule has 1 aromatic carbocycles. The van der Waals surface area contributed by atoms with Crippen molar-refractivity contribution in [3.63, 3.8) is 0 Å². The summed E-state index contributed by atoms with van der Waals surface area (Å²) in [6, 6.07) is 9.11. The predicted octanol–water partition coefficient (Wildman–Crippen LogP) is 2.18. The highest BCUT2D eigenvalue weighted by Crippen LogP contribution is 2.39. The molecule has 7 nitrogen and oxygen atoms in total. The molecular weight excluding hydrogens is 320 g/mol. The van der Waals surface area contributed by atoms with Crippen molar-refractivity contribution in [3.05, 3.63) is 47.6 Å². The largest absolute Gasteiger partial charge is 0.394 e. The molecular formula is C18H24N4O3. The van der Waals surface area contributed by atoms with Crippen LogP contribution in [0.1, 0.15) is 50.0 Å². The van der Waals surface area contributed by atoms with E-state index in [9.17, 15) is 9.90 Å². The Kier molecular flexibility index (Phi) is 5.03. The number of benzene rings is 1. The summed E-state index contributed by atoms with van der Waals surface area (Å²) < 4.78 is 5.26. The highest BCUT2D eigenvalue weighted by atomic mass is 16.5. The maximum absolute atomic E-state index is 12.2. The molecule has 0 spiro atoms. The number of nitrogens with one attached hydrogen (secondary N) is 2. The number of aliphatic hydroxyl groups is 1. The van der Waals surface area contributed by atoms with E-state index in [0.717, 1.165) is 18.4 Å². The quantitative estimate of drug-likeness (QED) is 0.715. The lowest BCUT2D eigenvalue weighted by atomic mass is 9.97. The average Bonchev–Trinajstić information content (AvgIpc) is 3.36. The number of nitrogens with zero attached hydrogens (tertiary/aromatic N) is 2. The summed E-state index contributed by atoms with van der Waals surface area (Å²) in [6.07, 6.45) is 2.63. The van der Waals surface area contributed by atoms with Crippen molar-refractivity contribution >= 4 is 6.03 Å². The number of rotatable bonds is 7. The van der Waals surface area contributed by atoms with Gasteiger partial charge in [-0.3, -0.25) is 0 Å². The van der Waals surface area contributed by atoms with E-state index in [4.69, 9.17) is 4.52 Å². The predicted molar refractivity (Wildman–Crippen MR) is 91.8 cm³/mol. The molecule has 3 rings (SSSR count). The first-order valence-corrected chi connectivity index (χ1v) is 8.56. The van der Waals surface area contributed by atoms with E-state index < -0.39 is 11.6 Å². The average molecular weight is 344 g/mol. The van der Waals surface area contributed by atoms with E-state index in [-0.39, 0.29) is 12.6 Å². The second-order valence-electron chi connectivity index (χ2n) is 6.88. The van der Waals surface area contributed by atoms with Crippen LogP contribution in [-0.4, -0.2) is 33.4 Å². The number of carbonyl (C=O) groups excluding carboxylic acids is 1. The smallest absolute Gasteiger partial charge is 0.315 e. The molecule has 2 unspecified atom stereocenters. The fraction of sp³-hybridized carbons (Fsp3) is 0.500. The molecule has 25 heavy (non-hydrogen) atoms. The van der Waals surface area contributed by atoms with Gasteiger partial charge in [-0.05, 0) is 38.2 Å². The van der Waals surface area contributed by atoms with Crippen LogP contribution in [0.5, 0.6) is 0 Å². The fourth-order valence-electron chi connectivity index (χ4n) is 2.84. The summed E-state index contributed by atoms with van der Waals surface area (Å²) in [4.78, 5) is 16.6. The molecule has 3 N–H and O–H groups in total. The molecule has 134 valence electrons. The standard InChI is InChI=1S/C18H24N4O3/c1-12(19-17(24)21-18(2,11-23)14-8-9-14)16-20-15(22-25-16)10-13-6-4-3-5-7-13/h3-7,12,14,23H,8-11H2,1-2H3,(H2,19,21,24). The van der Waals surface area contributed by atoms with Gasteiger partial charge in [-0.1, -0.05) is 35.5 Å². The monoisotopic (exact) mass is 344 g/mol. The van der Waals surface area contributed by atoms with Crippen molar-refractivity contribution < 1.29 is 14.4 Å². The molecule has 2 amide bonds. The minimum Gasteiger partial charge on any atom is -0.394 e. The number of aromatic nitrogens is 2. The van der Waals surface area contributed by atoms with Gasteiger partial charge in [0.2, 0.25) is 5.89 Å². The van der Waals surface area contributed by atoms with Crippen LogP contribution in [0.4, 0.5) is 4.79 Å². The third-order valence-corrected chi connectivity index (χ3v) is 4.61. The first-order chi connectivity index (χ1) is 12.0. The van der Waals surface area contributed by atoms with E-state index in [0.29, 0.717) is 24.1 Å². The number of carbonyl (C=O) groups is 1. The molecule has 0 radical (unpaired) electrons. The SMILES string of the molecule is CC(NC(=O)NC(C)(CO)C1CC1)c1nc(Cc2ccccc2)no1. The Labute approximate surface area is 146 Å². The second kappa shape index (κ2) is 7.23. The normalized spacial score (nSPS) is 17.6. The van der Waals surface area contributed by atoms with Crippen molar-refractivity contribution in [3.8, 4) is 0 Å². The van der Waals surface area contributed by atoms with Crippen LogP contribution in [-0.2, 0) is 6.42 Å². The molecule has 1 saturated carbocycles. The summed E-state index contributed by atoms with van der Waals surface area (Å²) in [6.45, 7) is 3.56. The Morgan fingerprint density at radius 3 is 2.76 bits per heavy atom. The lowest BCUT2D eigenvalue weighted by Gasteiger charge is -2.29. The number of urea groups is 1. The van der Waals surface area contributed by atoms with Gasteiger partial charge in [-0.15, -0.1) is 0 Å². The van der Waals surface area contributed by atoms with E-state index >= 15 is 0 Å². The van der Waals surface area contributed by atoms with Gasteiger partial charge in [-0.25, -0.2) is 4.79 Å². The van der Waals surface area contributed by atoms with Gasteiger partial charge in [0, 0.05) is 6.42 Å². The summed E-state index contributed by atoms with van der Waals surface area (Å²) in [5.41, 5.74) is 0.508. The Hall–Kier alpha value is -2.41. The van der Waals surface area contributed by atoms with E-state index in [1.807, 2.05) is 37.3 Å². The highest BCUT2D eigenvalue weighted by Gasteiger charge is 2.42. The molecule has 7 heteroatoms. The first-order valence-electron chi connectivity index (χ1n) is 8.56. The van der Waals surface area contributed by atoms with Gasteiger partial charge in [-0.2, -0.15) is 4.98 Å². The highest BCUT2D eigenvalue weighted by molar-refractivity contribution is 5.75. The van der Waals surface area contributed by atoms with Crippen molar-refractivity contribution in [2.24, 2.45) is 5.92 Å². The number of hydrogen-bond acceptors (Lipinski definition) is 5. The van der Waals surface area contributed by atoms with Gasteiger partial charge in [0.15, 0.2) is 5.82 Å². The van der Waals surface area contributed by atoms with Gasteiger partial charge >= 0.3 is 6.03 Å². The lowest BCUT2D eigenvalue weighted by molar-refractivity contribution is 0.153. The fourth-order valence-corrected chi connectivity index (χ4v) is 2.84. The van der Waals surface area contributed by atoms with Crippen LogP contribution >= 0.6 is 0 Å². The van der Waals surface area contributed by atoms with Gasteiger partial charge in [0.1, 0.15) is 6.04 Å². The molecule has 1 aliphatic rings. The summed E-state index contributed by atoms with van der Waals surface area (Å²) in [5.74, 6) is 1.27. The summed E-state index contributed by atoms with van der Waals surface area (Å²) in [7, 11) is 0. The second-order valence-corrected chi connectivity index (χ2v) is 6.88. The van der Waals surface area contributed by atoms with Crippen molar-refractivity contribution in [2.75, 3.05) is 6.61 Å². The first kappa shape index (κ1) is 17.4. The van der Waals surface area contributed by atoms with Crippen molar-refractivity contribution in [1.29, 1.82) is 0 Å². The third kappa shape index (κ3) is 4.36. The molecule has 2 atom stereocenters. The minimum absolute atomic E-state index is 0.0821. The van der Waals surface area contributed by atoms with Crippen LogP contribution in [0.2, 0.25) is 0 Å². The summed E-state index contributed by atoms with van der Waals surface area (Å²) >= 11 is 0. The molecule has 2 aromatic rings. The number of amides is 2. The Morgan fingerprint density at radius 2 is 2.12 bits per heavy atom. The zero-order valence-corrected chi connectivity index (χ0v) is 14.5. The van der Waals surface area contributed by atoms with Crippen LogP contribution < -0.4 is 10.6 Å². The van der Waals surface area contributed by atoms with E-state index in [1.54, 1.807) is 6.92 Å². The Morgan fingerprint density at radius 1 is 1.40 bits per heavy atom. The molecule has 0 saturated heterocycles. The van der Waals surface area contributed by atoms with Gasteiger partial charge in [0.05, 0.1) is 12.1 Å². The molecule has 0 aliphatic heterocycles. The molecule has 0 bridgehead atoms. The maximum Gasteiger partial charge on any atom is 0.315 e. The molecule has 1 aliphatic carbocycles. The summed E-state index contributed by atoms with van der Waals surface area (Å²) in [5, 5.41) is 19.2. The van der Waals surface area contributed by atoms with Crippen LogP contribution in [0.3, 0.4) is 0 Å². The Balaban J connectivity index is 1.56. The zero-order chi connectivity index (χ0) is 17.9. The van der Waals surface area contributed by atoms with E-state index in [1.165, 1.54) is 0 Å². The maximum atomic E-state index is 12.2. The third-order valence-electron chi connectivity index (χ3n) is 4.61. The molecule has 1 heterocycles. The van der Waals surface area contributed by atoms with Gasteiger partial charge < -0.3 is 20.3 Å².